The minimum absolute atomic E-state index is 0.220. The summed E-state index contributed by atoms with van der Waals surface area (Å²) in [5.74, 6) is 4.24. The van der Waals surface area contributed by atoms with Gasteiger partial charge in [-0.3, -0.25) is 0 Å². The first kappa shape index (κ1) is 14.5. The molecule has 22 heavy (non-hydrogen) atoms. The Kier molecular flexibility index (Phi) is 4.04. The van der Waals surface area contributed by atoms with Gasteiger partial charge in [0.2, 0.25) is 0 Å². The van der Waals surface area contributed by atoms with Crippen molar-refractivity contribution in [1.82, 2.24) is 9.55 Å². The number of fused-ring (bicyclic) bond motifs is 1. The lowest BCUT2D eigenvalue weighted by molar-refractivity contribution is 0.212. The quantitative estimate of drug-likeness (QED) is 0.665. The first-order valence-corrected chi connectivity index (χ1v) is 7.37. The highest BCUT2D eigenvalue weighted by atomic mass is 35.5. The van der Waals surface area contributed by atoms with E-state index in [4.69, 9.17) is 22.8 Å². The summed E-state index contributed by atoms with van der Waals surface area (Å²) in [6.07, 6.45) is 5.27. The topological polar surface area (TPSA) is 27.1 Å². The average Bonchev–Trinajstić information content (AvgIpc) is 2.89. The van der Waals surface area contributed by atoms with Crippen molar-refractivity contribution in [2.24, 2.45) is 0 Å². The molecule has 1 atom stereocenters. The molecule has 1 unspecified atom stereocenters. The highest BCUT2D eigenvalue weighted by Crippen LogP contribution is 2.25. The number of benzene rings is 2. The second kappa shape index (κ2) is 6.13. The van der Waals surface area contributed by atoms with Gasteiger partial charge in [-0.1, -0.05) is 29.7 Å². The van der Waals surface area contributed by atoms with Crippen LogP contribution in [-0.2, 0) is 6.54 Å². The Labute approximate surface area is 134 Å². The third-order valence-corrected chi connectivity index (χ3v) is 3.68. The van der Waals surface area contributed by atoms with E-state index in [9.17, 15) is 0 Å². The molecule has 3 aromatic rings. The molecule has 0 aliphatic carbocycles. The third-order valence-electron chi connectivity index (χ3n) is 3.42. The molecule has 1 aromatic heterocycles. The van der Waals surface area contributed by atoms with Gasteiger partial charge in [-0.25, -0.2) is 4.98 Å². The minimum Gasteiger partial charge on any atom is -0.483 e. The molecule has 0 saturated heterocycles. The van der Waals surface area contributed by atoms with Gasteiger partial charge in [0.1, 0.15) is 5.75 Å². The summed E-state index contributed by atoms with van der Waals surface area (Å²) in [4.78, 5) is 4.66. The van der Waals surface area contributed by atoms with Crippen molar-refractivity contribution in [3.63, 3.8) is 0 Å². The van der Waals surface area contributed by atoms with E-state index < -0.39 is 0 Å². The molecule has 0 bridgehead atoms. The van der Waals surface area contributed by atoms with Gasteiger partial charge in [-0.2, -0.15) is 0 Å². The van der Waals surface area contributed by atoms with E-state index in [1.807, 2.05) is 47.9 Å². The second-order valence-electron chi connectivity index (χ2n) is 4.96. The molecule has 0 amide bonds. The normalized spacial score (nSPS) is 12.0. The number of para-hydroxylation sites is 2. The van der Waals surface area contributed by atoms with E-state index in [2.05, 4.69) is 10.9 Å². The minimum atomic E-state index is -0.220. The van der Waals surface area contributed by atoms with E-state index in [1.165, 1.54) is 0 Å². The first-order chi connectivity index (χ1) is 10.7. The highest BCUT2D eigenvalue weighted by molar-refractivity contribution is 6.30. The second-order valence-corrected chi connectivity index (χ2v) is 5.40. The number of terminal acetylenes is 1. The third kappa shape index (κ3) is 2.79. The molecule has 110 valence electrons. The van der Waals surface area contributed by atoms with Gasteiger partial charge in [0.25, 0.3) is 0 Å². The number of imidazole rings is 1. The van der Waals surface area contributed by atoms with Gasteiger partial charge in [-0.15, -0.1) is 6.42 Å². The number of hydrogen-bond acceptors (Lipinski definition) is 2. The summed E-state index contributed by atoms with van der Waals surface area (Å²) >= 11 is 5.89. The summed E-state index contributed by atoms with van der Waals surface area (Å²) in [5, 5.41) is 0.680. The molecule has 1 heterocycles. The zero-order valence-corrected chi connectivity index (χ0v) is 12.9. The fraction of sp³-hybridized carbons (Fsp3) is 0.167. The Morgan fingerprint density at radius 3 is 2.68 bits per heavy atom. The fourth-order valence-corrected chi connectivity index (χ4v) is 2.56. The number of nitrogens with zero attached hydrogens (tertiary/aromatic N) is 2. The molecule has 3 nitrogen and oxygen atoms in total. The molecule has 0 fully saturated rings. The maximum absolute atomic E-state index is 5.96. The SMILES string of the molecule is C#CCn1c(C(C)Oc2ccc(Cl)cc2)nc2ccccc21. The van der Waals surface area contributed by atoms with Gasteiger partial charge in [0.05, 0.1) is 17.6 Å². The van der Waals surface area contributed by atoms with E-state index in [1.54, 1.807) is 12.1 Å². The molecule has 4 heteroatoms. The van der Waals surface area contributed by atoms with Gasteiger partial charge in [-0.05, 0) is 43.3 Å². The molecule has 0 N–H and O–H groups in total. The van der Waals surface area contributed by atoms with Gasteiger partial charge < -0.3 is 9.30 Å². The first-order valence-electron chi connectivity index (χ1n) is 7.00. The summed E-state index contributed by atoms with van der Waals surface area (Å²) in [7, 11) is 0. The molecular formula is C18H15ClN2O. The van der Waals surface area contributed by atoms with Crippen LogP contribution in [-0.4, -0.2) is 9.55 Å². The van der Waals surface area contributed by atoms with Crippen LogP contribution >= 0.6 is 11.6 Å². The number of rotatable bonds is 4. The largest absolute Gasteiger partial charge is 0.483 e. The molecular weight excluding hydrogens is 296 g/mol. The maximum atomic E-state index is 5.96. The van der Waals surface area contributed by atoms with Crippen LogP contribution in [0.25, 0.3) is 11.0 Å². The van der Waals surface area contributed by atoms with Crippen LogP contribution in [0.5, 0.6) is 5.75 Å². The Bertz CT molecular complexity index is 830. The molecule has 0 saturated carbocycles. The van der Waals surface area contributed by atoms with Crippen LogP contribution in [0.2, 0.25) is 5.02 Å². The lowest BCUT2D eigenvalue weighted by Crippen LogP contribution is -2.11. The lowest BCUT2D eigenvalue weighted by atomic mass is 10.3. The molecule has 2 aromatic carbocycles. The van der Waals surface area contributed by atoms with E-state index in [0.717, 1.165) is 22.6 Å². The zero-order chi connectivity index (χ0) is 15.5. The lowest BCUT2D eigenvalue weighted by Gasteiger charge is -2.15. The summed E-state index contributed by atoms with van der Waals surface area (Å²) < 4.78 is 7.97. The zero-order valence-electron chi connectivity index (χ0n) is 12.2. The number of ether oxygens (including phenoxy) is 1. The molecule has 0 radical (unpaired) electrons. The van der Waals surface area contributed by atoms with Crippen LogP contribution in [0.1, 0.15) is 18.9 Å². The smallest absolute Gasteiger partial charge is 0.153 e. The van der Waals surface area contributed by atoms with Gasteiger partial charge in [0, 0.05) is 5.02 Å². The van der Waals surface area contributed by atoms with Crippen molar-refractivity contribution in [2.45, 2.75) is 19.6 Å². The summed E-state index contributed by atoms with van der Waals surface area (Å²) in [5.41, 5.74) is 1.93. The fourth-order valence-electron chi connectivity index (χ4n) is 2.43. The molecule has 0 aliphatic heterocycles. The average molecular weight is 311 g/mol. The predicted molar refractivity (Wildman–Crippen MR) is 89.1 cm³/mol. The Morgan fingerprint density at radius 2 is 1.95 bits per heavy atom. The van der Waals surface area contributed by atoms with Crippen molar-refractivity contribution in [2.75, 3.05) is 0 Å². The van der Waals surface area contributed by atoms with E-state index >= 15 is 0 Å². The van der Waals surface area contributed by atoms with Crippen molar-refractivity contribution in [1.29, 1.82) is 0 Å². The van der Waals surface area contributed by atoms with Crippen molar-refractivity contribution < 1.29 is 4.74 Å². The molecule has 0 spiro atoms. The Hall–Kier alpha value is -2.44. The number of aromatic nitrogens is 2. The van der Waals surface area contributed by atoms with Gasteiger partial charge >= 0.3 is 0 Å². The van der Waals surface area contributed by atoms with Crippen molar-refractivity contribution in [3.05, 3.63) is 59.4 Å². The van der Waals surface area contributed by atoms with Crippen LogP contribution in [0.4, 0.5) is 0 Å². The van der Waals surface area contributed by atoms with E-state index in [-0.39, 0.29) is 6.10 Å². The van der Waals surface area contributed by atoms with Crippen LogP contribution in [0, 0.1) is 12.3 Å². The van der Waals surface area contributed by atoms with Crippen molar-refractivity contribution in [3.8, 4) is 18.1 Å². The maximum Gasteiger partial charge on any atom is 0.153 e. The van der Waals surface area contributed by atoms with Gasteiger partial charge in [0.15, 0.2) is 11.9 Å². The Morgan fingerprint density at radius 1 is 1.23 bits per heavy atom. The molecule has 3 rings (SSSR count). The van der Waals surface area contributed by atoms with Crippen LogP contribution in [0.3, 0.4) is 0 Å². The highest BCUT2D eigenvalue weighted by Gasteiger charge is 2.17. The molecule has 0 aliphatic rings. The van der Waals surface area contributed by atoms with Crippen LogP contribution < -0.4 is 4.74 Å². The van der Waals surface area contributed by atoms with Crippen LogP contribution in [0.15, 0.2) is 48.5 Å². The number of hydrogen-bond donors (Lipinski definition) is 0. The van der Waals surface area contributed by atoms with E-state index in [0.29, 0.717) is 11.6 Å². The predicted octanol–water partition coefficient (Wildman–Crippen LogP) is 4.46. The van der Waals surface area contributed by atoms with Crippen molar-refractivity contribution >= 4 is 22.6 Å². The Balaban J connectivity index is 1.96. The standard InChI is InChI=1S/C18H15ClN2O/c1-3-12-21-17-7-5-4-6-16(17)20-18(21)13(2)22-15-10-8-14(19)9-11-15/h1,4-11,13H,12H2,2H3. The summed E-state index contributed by atoms with van der Waals surface area (Å²) in [6.45, 7) is 2.42. The monoisotopic (exact) mass is 310 g/mol. The summed E-state index contributed by atoms with van der Waals surface area (Å²) in [6, 6.07) is 15.2. The number of halogens is 1.